The van der Waals surface area contributed by atoms with Crippen LogP contribution in [0.4, 0.5) is 23.0 Å². The van der Waals surface area contributed by atoms with Gasteiger partial charge in [-0.3, -0.25) is 20.5 Å². The number of para-hydroxylation sites is 2. The maximum absolute atomic E-state index is 10.7. The average molecular weight is 307 g/mol. The van der Waals surface area contributed by atoms with Gasteiger partial charge in [0.15, 0.2) is 0 Å². The van der Waals surface area contributed by atoms with Crippen LogP contribution in [-0.2, 0) is 0 Å². The summed E-state index contributed by atoms with van der Waals surface area (Å²) < 4.78 is 0. The molecule has 0 unspecified atom stereocenters. The molecule has 0 saturated heterocycles. The van der Waals surface area contributed by atoms with Crippen molar-refractivity contribution in [3.8, 4) is 0 Å². The Hall–Kier alpha value is -3.48. The maximum Gasteiger partial charge on any atom is 0.305 e. The van der Waals surface area contributed by atoms with Crippen LogP contribution in [0.3, 0.4) is 0 Å². The van der Waals surface area contributed by atoms with Gasteiger partial charge in [-0.25, -0.2) is 9.97 Å². The number of hydrogen-bond donors (Lipinski definition) is 1. The highest BCUT2D eigenvalue weighted by Crippen LogP contribution is 2.24. The van der Waals surface area contributed by atoms with Gasteiger partial charge in [-0.2, -0.15) is 0 Å². The third-order valence-corrected chi connectivity index (χ3v) is 3.09. The molecule has 3 aromatic rings. The predicted octanol–water partition coefficient (Wildman–Crippen LogP) is 3.55. The van der Waals surface area contributed by atoms with Crippen LogP contribution in [0.25, 0.3) is 0 Å². The lowest BCUT2D eigenvalue weighted by Gasteiger charge is -2.25. The van der Waals surface area contributed by atoms with E-state index in [1.807, 2.05) is 60.7 Å². The molecule has 0 aliphatic carbocycles. The second kappa shape index (κ2) is 6.52. The Balaban J connectivity index is 1.92. The Kier molecular flexibility index (Phi) is 4.10. The number of rotatable bonds is 5. The first-order valence-electron chi connectivity index (χ1n) is 6.87. The molecular formula is C16H13N5O2. The van der Waals surface area contributed by atoms with E-state index in [9.17, 15) is 10.1 Å². The number of hydrazine groups is 1. The quantitative estimate of drug-likeness (QED) is 0.573. The highest BCUT2D eigenvalue weighted by Gasteiger charge is 2.12. The lowest BCUT2D eigenvalue weighted by Crippen LogP contribution is -2.25. The van der Waals surface area contributed by atoms with E-state index in [0.29, 0.717) is 0 Å². The molecule has 1 heterocycles. The number of aromatic nitrogens is 2. The molecule has 1 N–H and O–H groups in total. The fourth-order valence-corrected chi connectivity index (χ4v) is 2.01. The summed E-state index contributed by atoms with van der Waals surface area (Å²) in [5.74, 6) is 0.267. The number of hydrogen-bond acceptors (Lipinski definition) is 6. The summed E-state index contributed by atoms with van der Waals surface area (Å²) in [6.45, 7) is 0. The molecule has 23 heavy (non-hydrogen) atoms. The summed E-state index contributed by atoms with van der Waals surface area (Å²) in [5.41, 5.74) is 4.69. The van der Waals surface area contributed by atoms with Crippen LogP contribution >= 0.6 is 0 Å². The Morgan fingerprint density at radius 1 is 0.870 bits per heavy atom. The van der Waals surface area contributed by atoms with Gasteiger partial charge in [0.1, 0.15) is 12.4 Å². The fourth-order valence-electron chi connectivity index (χ4n) is 2.01. The highest BCUT2D eigenvalue weighted by atomic mass is 16.6. The van der Waals surface area contributed by atoms with Gasteiger partial charge in [0.05, 0.1) is 16.3 Å². The highest BCUT2D eigenvalue weighted by molar-refractivity contribution is 5.66. The minimum Gasteiger partial charge on any atom is -0.261 e. The standard InChI is InChI=1S/C16H13N5O2/c22-21(23)15-11-17-16(18-12-15)19-20(13-7-3-1-4-8-13)14-9-5-2-6-10-14/h1-12H,(H,17,18,19). The Labute approximate surface area is 132 Å². The van der Waals surface area contributed by atoms with Crippen LogP contribution in [-0.4, -0.2) is 14.9 Å². The van der Waals surface area contributed by atoms with E-state index in [4.69, 9.17) is 0 Å². The summed E-state index contributed by atoms with van der Waals surface area (Å²) in [7, 11) is 0. The van der Waals surface area contributed by atoms with Crippen molar-refractivity contribution in [1.82, 2.24) is 9.97 Å². The smallest absolute Gasteiger partial charge is 0.261 e. The van der Waals surface area contributed by atoms with Crippen LogP contribution in [0.2, 0.25) is 0 Å². The fraction of sp³-hybridized carbons (Fsp3) is 0. The van der Waals surface area contributed by atoms with Gasteiger partial charge in [0.25, 0.3) is 0 Å². The molecule has 0 bridgehead atoms. The minimum atomic E-state index is -0.532. The van der Waals surface area contributed by atoms with Gasteiger partial charge in [-0.15, -0.1) is 0 Å². The second-order valence-corrected chi connectivity index (χ2v) is 4.64. The van der Waals surface area contributed by atoms with E-state index in [1.165, 1.54) is 12.4 Å². The zero-order chi connectivity index (χ0) is 16.1. The normalized spacial score (nSPS) is 10.1. The van der Waals surface area contributed by atoms with Crippen molar-refractivity contribution < 1.29 is 4.92 Å². The number of nitro groups is 1. The van der Waals surface area contributed by atoms with E-state index in [1.54, 1.807) is 5.01 Å². The summed E-state index contributed by atoms with van der Waals surface area (Å²) in [6, 6.07) is 19.3. The molecule has 0 amide bonds. The summed E-state index contributed by atoms with van der Waals surface area (Å²) in [6.07, 6.45) is 2.34. The van der Waals surface area contributed by atoms with E-state index in [-0.39, 0.29) is 11.6 Å². The van der Waals surface area contributed by atoms with Crippen LogP contribution in [0, 0.1) is 10.1 Å². The van der Waals surface area contributed by atoms with Gasteiger partial charge in [0.2, 0.25) is 5.95 Å². The molecule has 2 aromatic carbocycles. The first-order valence-corrected chi connectivity index (χ1v) is 6.87. The van der Waals surface area contributed by atoms with E-state index in [2.05, 4.69) is 15.4 Å². The predicted molar refractivity (Wildman–Crippen MR) is 87.3 cm³/mol. The summed E-state index contributed by atoms with van der Waals surface area (Å²) in [4.78, 5) is 18.1. The Morgan fingerprint density at radius 2 is 1.35 bits per heavy atom. The first kappa shape index (κ1) is 14.5. The van der Waals surface area contributed by atoms with Crippen molar-refractivity contribution in [2.45, 2.75) is 0 Å². The molecule has 1 aromatic heterocycles. The lowest BCUT2D eigenvalue weighted by molar-refractivity contribution is -0.385. The second-order valence-electron chi connectivity index (χ2n) is 4.64. The largest absolute Gasteiger partial charge is 0.305 e. The van der Waals surface area contributed by atoms with Crippen LogP contribution in [0.5, 0.6) is 0 Å². The van der Waals surface area contributed by atoms with E-state index >= 15 is 0 Å². The molecule has 114 valence electrons. The van der Waals surface area contributed by atoms with Crippen molar-refractivity contribution in [3.05, 3.63) is 83.2 Å². The van der Waals surface area contributed by atoms with Gasteiger partial charge in [0, 0.05) is 0 Å². The minimum absolute atomic E-state index is 0.151. The number of anilines is 3. The number of benzene rings is 2. The molecule has 0 aliphatic heterocycles. The maximum atomic E-state index is 10.7. The molecule has 0 fully saturated rings. The van der Waals surface area contributed by atoms with Gasteiger partial charge < -0.3 is 0 Å². The van der Waals surface area contributed by atoms with Crippen LogP contribution < -0.4 is 10.4 Å². The molecule has 0 aliphatic rings. The summed E-state index contributed by atoms with van der Waals surface area (Å²) >= 11 is 0. The molecule has 7 nitrogen and oxygen atoms in total. The average Bonchev–Trinajstić information content (AvgIpc) is 2.61. The van der Waals surface area contributed by atoms with Crippen molar-refractivity contribution in [3.63, 3.8) is 0 Å². The molecule has 0 radical (unpaired) electrons. The van der Waals surface area contributed by atoms with Crippen molar-refractivity contribution in [2.24, 2.45) is 0 Å². The lowest BCUT2D eigenvalue weighted by atomic mass is 10.2. The van der Waals surface area contributed by atoms with Gasteiger partial charge in [-0.1, -0.05) is 36.4 Å². The van der Waals surface area contributed by atoms with Crippen LogP contribution in [0.15, 0.2) is 73.1 Å². The number of nitrogens with zero attached hydrogens (tertiary/aromatic N) is 4. The Morgan fingerprint density at radius 3 is 1.78 bits per heavy atom. The molecule has 0 spiro atoms. The molecular weight excluding hydrogens is 294 g/mol. The van der Waals surface area contributed by atoms with E-state index in [0.717, 1.165) is 11.4 Å². The van der Waals surface area contributed by atoms with Crippen LogP contribution in [0.1, 0.15) is 0 Å². The molecule has 0 saturated carbocycles. The molecule has 0 atom stereocenters. The number of nitrogens with one attached hydrogen (secondary N) is 1. The zero-order valence-corrected chi connectivity index (χ0v) is 12.0. The third kappa shape index (κ3) is 3.41. The Bertz CT molecular complexity index is 739. The zero-order valence-electron chi connectivity index (χ0n) is 12.0. The first-order chi connectivity index (χ1) is 11.2. The van der Waals surface area contributed by atoms with Gasteiger partial charge >= 0.3 is 5.69 Å². The topological polar surface area (TPSA) is 84.2 Å². The molecule has 7 heteroatoms. The SMILES string of the molecule is O=[N+]([O-])c1cnc(NN(c2ccccc2)c2ccccc2)nc1. The monoisotopic (exact) mass is 307 g/mol. The molecule has 3 rings (SSSR count). The van der Waals surface area contributed by atoms with Crippen molar-refractivity contribution >= 4 is 23.0 Å². The van der Waals surface area contributed by atoms with Crippen molar-refractivity contribution in [1.29, 1.82) is 0 Å². The van der Waals surface area contributed by atoms with E-state index < -0.39 is 4.92 Å². The van der Waals surface area contributed by atoms with Crippen molar-refractivity contribution in [2.75, 3.05) is 10.4 Å². The third-order valence-electron chi connectivity index (χ3n) is 3.09. The summed E-state index contributed by atoms with van der Waals surface area (Å²) in [5, 5.41) is 12.5. The van der Waals surface area contributed by atoms with Gasteiger partial charge in [-0.05, 0) is 24.3 Å².